The number of benzene rings is 2. The summed E-state index contributed by atoms with van der Waals surface area (Å²) in [5.74, 6) is 0.759. The average Bonchev–Trinajstić information content (AvgIpc) is 2.54. The first-order valence-corrected chi connectivity index (χ1v) is 8.63. The maximum Gasteiger partial charge on any atom is 0.325 e. The summed E-state index contributed by atoms with van der Waals surface area (Å²) in [6.45, 7) is 1.83. The predicted octanol–water partition coefficient (Wildman–Crippen LogP) is 4.37. The molecule has 2 aromatic carbocycles. The number of fused-ring (bicyclic) bond motifs is 4. The second-order valence-electron chi connectivity index (χ2n) is 6.32. The zero-order valence-electron chi connectivity index (χ0n) is 13.7. The van der Waals surface area contributed by atoms with E-state index in [0.29, 0.717) is 23.6 Å². The number of halogens is 2. The number of nitrogens with zero attached hydrogens (tertiary/aromatic N) is 1. The van der Waals surface area contributed by atoms with Crippen molar-refractivity contribution in [3.05, 3.63) is 52.3 Å². The third-order valence-corrected chi connectivity index (χ3v) is 5.05. The van der Waals surface area contributed by atoms with Gasteiger partial charge in [0.1, 0.15) is 5.82 Å². The highest BCUT2D eigenvalue weighted by Crippen LogP contribution is 2.50. The van der Waals surface area contributed by atoms with Crippen LogP contribution in [0.4, 0.5) is 14.9 Å². The van der Waals surface area contributed by atoms with Gasteiger partial charge in [0.05, 0.1) is 18.8 Å². The van der Waals surface area contributed by atoms with Gasteiger partial charge in [0, 0.05) is 16.5 Å². The molecule has 2 bridgehead atoms. The van der Waals surface area contributed by atoms with Crippen molar-refractivity contribution < 1.29 is 18.7 Å². The molecule has 2 aromatic rings. The van der Waals surface area contributed by atoms with Crippen LogP contribution in [-0.2, 0) is 0 Å². The maximum absolute atomic E-state index is 13.7. The van der Waals surface area contributed by atoms with Gasteiger partial charge in [-0.3, -0.25) is 4.90 Å². The Balaban J connectivity index is 1.84. The van der Waals surface area contributed by atoms with Crippen LogP contribution in [0.15, 0.2) is 40.9 Å². The van der Waals surface area contributed by atoms with Crippen LogP contribution in [0.5, 0.6) is 11.5 Å². The predicted molar refractivity (Wildman–Crippen MR) is 94.5 cm³/mol. The molecule has 2 heterocycles. The lowest BCUT2D eigenvalue weighted by Gasteiger charge is -2.50. The second-order valence-corrected chi connectivity index (χ2v) is 7.24. The Morgan fingerprint density at radius 1 is 1.40 bits per heavy atom. The molecule has 25 heavy (non-hydrogen) atoms. The fourth-order valence-electron chi connectivity index (χ4n) is 3.56. The second kappa shape index (κ2) is 5.62. The van der Waals surface area contributed by atoms with Crippen molar-refractivity contribution >= 4 is 27.6 Å². The molecule has 0 radical (unpaired) electrons. The molecule has 2 atom stereocenters. The molecular weight excluding hydrogens is 391 g/mol. The molecule has 0 aromatic heterocycles. The van der Waals surface area contributed by atoms with E-state index in [2.05, 4.69) is 21.2 Å². The van der Waals surface area contributed by atoms with Gasteiger partial charge in [0.15, 0.2) is 17.2 Å². The fourth-order valence-corrected chi connectivity index (χ4v) is 4.01. The Morgan fingerprint density at radius 2 is 2.20 bits per heavy atom. The third kappa shape index (κ3) is 2.54. The number of hydrogen-bond donors (Lipinski definition) is 1. The molecule has 1 saturated heterocycles. The Kier molecular flexibility index (Phi) is 3.64. The van der Waals surface area contributed by atoms with Crippen LogP contribution >= 0.6 is 15.9 Å². The summed E-state index contributed by atoms with van der Waals surface area (Å²) in [5, 5.41) is 2.98. The molecule has 2 aliphatic rings. The summed E-state index contributed by atoms with van der Waals surface area (Å²) in [6, 6.07) is 9.12. The van der Waals surface area contributed by atoms with Crippen molar-refractivity contribution in [2.75, 3.05) is 12.0 Å². The summed E-state index contributed by atoms with van der Waals surface area (Å²) in [5.41, 5.74) is 0.350. The monoisotopic (exact) mass is 406 g/mol. The first-order chi connectivity index (χ1) is 11.9. The number of carbonyl (C=O) groups is 1. The van der Waals surface area contributed by atoms with Gasteiger partial charge in [-0.2, -0.15) is 0 Å². The number of methoxy groups -OCH3 is 1. The zero-order chi connectivity index (χ0) is 17.8. The van der Waals surface area contributed by atoms with Crippen molar-refractivity contribution in [1.82, 2.24) is 5.32 Å². The van der Waals surface area contributed by atoms with Crippen LogP contribution < -0.4 is 19.7 Å². The Hall–Kier alpha value is -2.28. The van der Waals surface area contributed by atoms with Gasteiger partial charge in [0.25, 0.3) is 0 Å². The lowest BCUT2D eigenvalue weighted by atomic mass is 9.90. The quantitative estimate of drug-likeness (QED) is 0.805. The molecule has 0 spiro atoms. The van der Waals surface area contributed by atoms with Gasteiger partial charge < -0.3 is 14.8 Å². The molecule has 0 saturated carbocycles. The fraction of sp³-hybridized carbons (Fsp3) is 0.278. The van der Waals surface area contributed by atoms with Crippen LogP contribution in [0, 0.1) is 5.82 Å². The van der Waals surface area contributed by atoms with Crippen molar-refractivity contribution in [3.63, 3.8) is 0 Å². The van der Waals surface area contributed by atoms with Crippen LogP contribution in [0.2, 0.25) is 0 Å². The van der Waals surface area contributed by atoms with E-state index in [1.54, 1.807) is 19.2 Å². The van der Waals surface area contributed by atoms with Crippen molar-refractivity contribution in [3.8, 4) is 11.5 Å². The van der Waals surface area contributed by atoms with Crippen LogP contribution in [0.3, 0.4) is 0 Å². The Labute approximate surface area is 152 Å². The first kappa shape index (κ1) is 16.2. The van der Waals surface area contributed by atoms with E-state index in [9.17, 15) is 9.18 Å². The number of anilines is 1. The Morgan fingerprint density at radius 3 is 2.92 bits per heavy atom. The summed E-state index contributed by atoms with van der Waals surface area (Å²) >= 11 is 3.46. The minimum Gasteiger partial charge on any atom is -0.493 e. The number of amides is 2. The van der Waals surface area contributed by atoms with Crippen LogP contribution in [0.25, 0.3) is 0 Å². The highest BCUT2D eigenvalue weighted by Gasteiger charge is 2.50. The van der Waals surface area contributed by atoms with Crippen molar-refractivity contribution in [2.45, 2.75) is 25.1 Å². The molecular formula is C18H16BrFN2O3. The minimum absolute atomic E-state index is 0.211. The number of rotatable bonds is 2. The van der Waals surface area contributed by atoms with Crippen LogP contribution in [0.1, 0.15) is 24.9 Å². The van der Waals surface area contributed by atoms with Gasteiger partial charge in [0.2, 0.25) is 0 Å². The molecule has 2 aliphatic heterocycles. The molecule has 5 nitrogen and oxygen atoms in total. The van der Waals surface area contributed by atoms with Gasteiger partial charge in [-0.05, 0) is 37.3 Å². The number of carbonyl (C=O) groups excluding carboxylic acids is 1. The van der Waals surface area contributed by atoms with Gasteiger partial charge >= 0.3 is 6.03 Å². The first-order valence-electron chi connectivity index (χ1n) is 7.84. The lowest BCUT2D eigenvalue weighted by molar-refractivity contribution is 0.0349. The molecule has 1 fully saturated rings. The number of urea groups is 1. The topological polar surface area (TPSA) is 50.8 Å². The van der Waals surface area contributed by atoms with Crippen LogP contribution in [-0.4, -0.2) is 18.9 Å². The molecule has 0 aliphatic carbocycles. The third-order valence-electron chi connectivity index (χ3n) is 4.59. The normalized spacial score (nSPS) is 24.2. The maximum atomic E-state index is 13.7. The van der Waals surface area contributed by atoms with Crippen molar-refractivity contribution in [1.29, 1.82) is 0 Å². The minimum atomic E-state index is -0.950. The highest BCUT2D eigenvalue weighted by molar-refractivity contribution is 9.10. The van der Waals surface area contributed by atoms with E-state index in [0.717, 1.165) is 10.0 Å². The van der Waals surface area contributed by atoms with E-state index in [4.69, 9.17) is 9.47 Å². The summed E-state index contributed by atoms with van der Waals surface area (Å²) < 4.78 is 26.2. The van der Waals surface area contributed by atoms with Gasteiger partial charge in [-0.25, -0.2) is 9.18 Å². The van der Waals surface area contributed by atoms with Gasteiger partial charge in [-0.15, -0.1) is 0 Å². The van der Waals surface area contributed by atoms with E-state index >= 15 is 0 Å². The van der Waals surface area contributed by atoms with E-state index < -0.39 is 11.5 Å². The Bertz CT molecular complexity index is 875. The zero-order valence-corrected chi connectivity index (χ0v) is 15.3. The molecule has 2 unspecified atom stereocenters. The molecule has 1 N–H and O–H groups in total. The number of ether oxygens (including phenoxy) is 2. The molecule has 130 valence electrons. The highest BCUT2D eigenvalue weighted by atomic mass is 79.9. The summed E-state index contributed by atoms with van der Waals surface area (Å²) in [7, 11) is 1.57. The van der Waals surface area contributed by atoms with Crippen molar-refractivity contribution in [2.24, 2.45) is 0 Å². The largest absolute Gasteiger partial charge is 0.493 e. The molecule has 7 heteroatoms. The number of nitrogens with one attached hydrogen (secondary N) is 1. The molecule has 4 rings (SSSR count). The summed E-state index contributed by atoms with van der Waals surface area (Å²) in [6.07, 6.45) is 0.530. The van der Waals surface area contributed by atoms with E-state index in [1.807, 2.05) is 19.1 Å². The molecule has 2 amide bonds. The standard InChI is InChI=1S/C18H16BrFN2O3/c1-18-9-14(13-6-10(19)7-15(24-2)16(13)25-18)21-17(23)22(18)12-5-3-4-11(20)8-12/h3-8,14H,9H2,1-2H3,(H,21,23). The number of hydrogen-bond acceptors (Lipinski definition) is 3. The summed E-state index contributed by atoms with van der Waals surface area (Å²) in [4.78, 5) is 14.2. The lowest BCUT2D eigenvalue weighted by Crippen LogP contribution is -2.65. The average molecular weight is 407 g/mol. The van der Waals surface area contributed by atoms with Gasteiger partial charge in [-0.1, -0.05) is 22.0 Å². The smallest absolute Gasteiger partial charge is 0.325 e. The van der Waals surface area contributed by atoms with E-state index in [1.165, 1.54) is 17.0 Å². The van der Waals surface area contributed by atoms with E-state index in [-0.39, 0.29) is 12.1 Å². The SMILES string of the molecule is COc1cc(Br)cc2c1OC1(C)CC2NC(=O)N1c1cccc(F)c1.